The lowest BCUT2D eigenvalue weighted by molar-refractivity contribution is -0.141. The number of amides is 3. The maximum absolute atomic E-state index is 13.4. The van der Waals surface area contributed by atoms with Gasteiger partial charge in [-0.05, 0) is 62.3 Å². The normalized spacial score (nSPS) is 28.8. The van der Waals surface area contributed by atoms with Gasteiger partial charge in [0.25, 0.3) is 0 Å². The maximum Gasteiger partial charge on any atom is 0.239 e. The molecule has 1 aromatic rings. The fourth-order valence-corrected chi connectivity index (χ4v) is 6.41. The van der Waals surface area contributed by atoms with Gasteiger partial charge in [-0.2, -0.15) is 0 Å². The topological polar surface area (TPSA) is 79.0 Å². The Balaban J connectivity index is 1.15. The largest absolute Gasteiger partial charge is 0.381 e. The maximum atomic E-state index is 13.4. The first-order valence-electron chi connectivity index (χ1n) is 13.1. The molecule has 7 heteroatoms. The number of fused-ring (bicyclic) bond motifs is 1. The van der Waals surface area contributed by atoms with Gasteiger partial charge in [0.05, 0.1) is 6.54 Å². The lowest BCUT2D eigenvalue weighted by Crippen LogP contribution is -2.44. The number of likely N-dealkylation sites (tertiary alicyclic amines) is 1. The zero-order chi connectivity index (χ0) is 23.5. The molecule has 7 nitrogen and oxygen atoms in total. The monoisotopic (exact) mass is 467 g/mol. The van der Waals surface area contributed by atoms with Gasteiger partial charge in [-0.15, -0.1) is 0 Å². The molecule has 4 aliphatic rings. The van der Waals surface area contributed by atoms with Crippen molar-refractivity contribution in [3.63, 3.8) is 0 Å². The first kappa shape index (κ1) is 23.3. The quantitative estimate of drug-likeness (QED) is 0.737. The minimum Gasteiger partial charge on any atom is -0.381 e. The highest BCUT2D eigenvalue weighted by molar-refractivity contribution is 5.87. The molecule has 3 amide bonds. The van der Waals surface area contributed by atoms with E-state index in [1.165, 1.54) is 5.56 Å². The van der Waals surface area contributed by atoms with Gasteiger partial charge in [0, 0.05) is 50.7 Å². The molecule has 4 fully saturated rings. The summed E-state index contributed by atoms with van der Waals surface area (Å²) in [4.78, 5) is 42.8. The second kappa shape index (κ2) is 10.5. The fourth-order valence-electron chi connectivity index (χ4n) is 6.41. The summed E-state index contributed by atoms with van der Waals surface area (Å²) in [7, 11) is 0. The van der Waals surface area contributed by atoms with E-state index in [0.717, 1.165) is 51.6 Å². The number of rotatable bonds is 4. The van der Waals surface area contributed by atoms with Crippen molar-refractivity contribution in [1.82, 2.24) is 15.1 Å². The van der Waals surface area contributed by atoms with Crippen LogP contribution in [0.25, 0.3) is 0 Å². The van der Waals surface area contributed by atoms with Gasteiger partial charge < -0.3 is 19.9 Å². The number of nitrogens with one attached hydrogen (secondary N) is 1. The van der Waals surface area contributed by atoms with Crippen LogP contribution in [0, 0.1) is 23.7 Å². The minimum absolute atomic E-state index is 0.00967. The predicted molar refractivity (Wildman–Crippen MR) is 128 cm³/mol. The fraction of sp³-hybridized carbons (Fsp3) is 0.667. The van der Waals surface area contributed by atoms with E-state index in [1.54, 1.807) is 4.90 Å². The first-order valence-corrected chi connectivity index (χ1v) is 13.1. The number of carbonyl (C=O) groups excluding carboxylic acids is 3. The van der Waals surface area contributed by atoms with Gasteiger partial charge in [-0.3, -0.25) is 14.4 Å². The van der Waals surface area contributed by atoms with E-state index in [4.69, 9.17) is 4.74 Å². The van der Waals surface area contributed by atoms with Crippen molar-refractivity contribution in [2.24, 2.45) is 23.7 Å². The molecule has 1 aliphatic carbocycles. The van der Waals surface area contributed by atoms with E-state index in [1.807, 2.05) is 4.90 Å². The van der Waals surface area contributed by atoms with Crippen molar-refractivity contribution in [2.45, 2.75) is 51.0 Å². The second-order valence-electron chi connectivity index (χ2n) is 10.7. The molecule has 3 atom stereocenters. The second-order valence-corrected chi connectivity index (χ2v) is 10.7. The first-order chi connectivity index (χ1) is 16.6. The molecule has 0 bridgehead atoms. The van der Waals surface area contributed by atoms with Crippen LogP contribution in [0.1, 0.15) is 44.1 Å². The Labute approximate surface area is 202 Å². The van der Waals surface area contributed by atoms with Crippen LogP contribution in [0.4, 0.5) is 0 Å². The number of nitrogens with zero attached hydrogens (tertiary/aromatic N) is 2. The Morgan fingerprint density at radius 3 is 2.35 bits per heavy atom. The molecule has 5 rings (SSSR count). The van der Waals surface area contributed by atoms with E-state index in [0.29, 0.717) is 32.1 Å². The molecule has 1 N–H and O–H groups in total. The highest BCUT2D eigenvalue weighted by Crippen LogP contribution is 2.36. The Hall–Kier alpha value is -2.41. The molecule has 0 aromatic heterocycles. The number of hydrogen-bond acceptors (Lipinski definition) is 4. The van der Waals surface area contributed by atoms with Crippen molar-refractivity contribution >= 4 is 17.7 Å². The Morgan fingerprint density at radius 2 is 1.62 bits per heavy atom. The van der Waals surface area contributed by atoms with Crippen LogP contribution in [-0.4, -0.2) is 73.0 Å². The molecule has 0 unspecified atom stereocenters. The summed E-state index contributed by atoms with van der Waals surface area (Å²) < 4.78 is 5.39. The number of ether oxygens (including phenoxy) is 1. The Morgan fingerprint density at radius 1 is 0.912 bits per heavy atom. The van der Waals surface area contributed by atoms with E-state index >= 15 is 0 Å². The summed E-state index contributed by atoms with van der Waals surface area (Å²) >= 11 is 0. The van der Waals surface area contributed by atoms with Crippen LogP contribution in [-0.2, 0) is 25.5 Å². The van der Waals surface area contributed by atoms with Crippen molar-refractivity contribution < 1.29 is 19.1 Å². The average Bonchev–Trinajstić information content (AvgIpc) is 3.18. The lowest BCUT2D eigenvalue weighted by atomic mass is 9.89. The van der Waals surface area contributed by atoms with E-state index in [9.17, 15) is 14.4 Å². The zero-order valence-corrected chi connectivity index (χ0v) is 20.0. The van der Waals surface area contributed by atoms with E-state index in [-0.39, 0.29) is 48.1 Å². The number of hydrogen-bond donors (Lipinski definition) is 1. The minimum atomic E-state index is -0.0947. The van der Waals surface area contributed by atoms with Gasteiger partial charge in [-0.25, -0.2) is 0 Å². The SMILES string of the molecule is O=C1CN(C(=O)C2CCOCC2)C[C@H]2C[C@H](C(=O)N3CCC(Cc4ccccc4)CC3)C[C@H]2N1. The average molecular weight is 468 g/mol. The molecular formula is C27H37N3O4. The molecule has 3 saturated heterocycles. The van der Waals surface area contributed by atoms with Gasteiger partial charge in [0.1, 0.15) is 0 Å². The van der Waals surface area contributed by atoms with Crippen LogP contribution >= 0.6 is 0 Å². The number of carbonyl (C=O) groups is 3. The van der Waals surface area contributed by atoms with Crippen LogP contribution in [0.3, 0.4) is 0 Å². The van der Waals surface area contributed by atoms with Crippen LogP contribution < -0.4 is 5.32 Å². The highest BCUT2D eigenvalue weighted by Gasteiger charge is 2.44. The third kappa shape index (κ3) is 5.29. The third-order valence-corrected chi connectivity index (χ3v) is 8.36. The summed E-state index contributed by atoms with van der Waals surface area (Å²) in [6.45, 7) is 3.58. The molecule has 184 valence electrons. The molecule has 3 aliphatic heterocycles. The number of piperidine rings is 1. The Kier molecular flexibility index (Phi) is 7.18. The molecule has 0 radical (unpaired) electrons. The number of benzene rings is 1. The standard InChI is InChI=1S/C27H37N3O4/c31-25-18-30(26(32)21-8-12-34-13-9-21)17-23-15-22(16-24(23)28-25)27(33)29-10-6-20(7-11-29)14-19-4-2-1-3-5-19/h1-5,20-24H,6-18H2,(H,28,31)/t22-,23+,24+/m0/s1. The Bertz CT molecular complexity index is 877. The molecule has 3 heterocycles. The summed E-state index contributed by atoms with van der Waals surface area (Å²) in [5.41, 5.74) is 1.37. The summed E-state index contributed by atoms with van der Waals surface area (Å²) in [5.74, 6) is 0.901. The summed E-state index contributed by atoms with van der Waals surface area (Å²) in [5, 5.41) is 3.12. The predicted octanol–water partition coefficient (Wildman–Crippen LogP) is 2.25. The third-order valence-electron chi connectivity index (χ3n) is 8.36. The van der Waals surface area contributed by atoms with Gasteiger partial charge >= 0.3 is 0 Å². The molecule has 34 heavy (non-hydrogen) atoms. The van der Waals surface area contributed by atoms with Crippen molar-refractivity contribution in [3.8, 4) is 0 Å². The highest BCUT2D eigenvalue weighted by atomic mass is 16.5. The van der Waals surface area contributed by atoms with Crippen LogP contribution in [0.5, 0.6) is 0 Å². The molecule has 1 saturated carbocycles. The van der Waals surface area contributed by atoms with Gasteiger partial charge in [-0.1, -0.05) is 30.3 Å². The van der Waals surface area contributed by atoms with Crippen molar-refractivity contribution in [1.29, 1.82) is 0 Å². The van der Waals surface area contributed by atoms with E-state index in [2.05, 4.69) is 35.6 Å². The molecule has 1 aromatic carbocycles. The van der Waals surface area contributed by atoms with Crippen molar-refractivity contribution in [2.75, 3.05) is 39.4 Å². The molecular weight excluding hydrogens is 430 g/mol. The zero-order valence-electron chi connectivity index (χ0n) is 20.0. The molecule has 0 spiro atoms. The summed E-state index contributed by atoms with van der Waals surface area (Å²) in [6, 6.07) is 10.6. The summed E-state index contributed by atoms with van der Waals surface area (Å²) in [6.07, 6.45) is 6.08. The van der Waals surface area contributed by atoms with Crippen LogP contribution in [0.15, 0.2) is 30.3 Å². The lowest BCUT2D eigenvalue weighted by Gasteiger charge is -2.34. The van der Waals surface area contributed by atoms with Crippen molar-refractivity contribution in [3.05, 3.63) is 35.9 Å². The van der Waals surface area contributed by atoms with E-state index < -0.39 is 0 Å². The van der Waals surface area contributed by atoms with Gasteiger partial charge in [0.15, 0.2) is 0 Å². The van der Waals surface area contributed by atoms with Gasteiger partial charge in [0.2, 0.25) is 17.7 Å². The van der Waals surface area contributed by atoms with Crippen LogP contribution in [0.2, 0.25) is 0 Å². The smallest absolute Gasteiger partial charge is 0.239 e.